The number of halogens is 3. The zero-order valence-corrected chi connectivity index (χ0v) is 27.0. The molecule has 2 aliphatic heterocycles. The Bertz CT molecular complexity index is 525. The van der Waals surface area contributed by atoms with E-state index in [4.69, 9.17) is 15.0 Å². The second kappa shape index (κ2) is 18.0. The van der Waals surface area contributed by atoms with Crippen LogP contribution in [0.5, 0.6) is 0 Å². The molecule has 0 aromatic rings. The molecule has 0 aromatic heterocycles. The van der Waals surface area contributed by atoms with E-state index < -0.39 is 0 Å². The minimum absolute atomic E-state index is 0.278. The molecule has 1 saturated carbocycles. The summed E-state index contributed by atoms with van der Waals surface area (Å²) >= 11 is 7.39. The van der Waals surface area contributed by atoms with E-state index >= 15 is 0 Å². The van der Waals surface area contributed by atoms with Crippen molar-refractivity contribution in [2.45, 2.75) is 47.1 Å². The van der Waals surface area contributed by atoms with Crippen LogP contribution in [0.25, 0.3) is 5.53 Å². The molecule has 0 aromatic carbocycles. The number of rotatable bonds is 2. The van der Waals surface area contributed by atoms with Gasteiger partial charge in [-0.1, -0.05) is 19.9 Å². The fraction of sp³-hybridized carbons (Fsp3) is 0.850. The van der Waals surface area contributed by atoms with Gasteiger partial charge in [-0.05, 0) is 32.6 Å². The van der Waals surface area contributed by atoms with Gasteiger partial charge in [0.2, 0.25) is 0 Å². The SMILES string of the molecule is C/C=C(\C)N1CCOCC1.CC1C(C)C1(C)N1CCOCC1.CC=[N+]=[N-].[I][V]([I])[I]. The quantitative estimate of drug-likeness (QED) is 0.159. The predicted molar refractivity (Wildman–Crippen MR) is 148 cm³/mol. The van der Waals surface area contributed by atoms with E-state index in [1.807, 2.05) is 0 Å². The van der Waals surface area contributed by atoms with Gasteiger partial charge in [-0.25, -0.2) is 0 Å². The molecule has 0 spiro atoms. The van der Waals surface area contributed by atoms with Crippen LogP contribution in [-0.2, 0) is 14.4 Å². The molecule has 30 heavy (non-hydrogen) atoms. The average molecular weight is 798 g/mol. The fourth-order valence-corrected chi connectivity index (χ4v) is 3.68. The molecule has 2 unspecified atom stereocenters. The Kier molecular flexibility index (Phi) is 18.9. The summed E-state index contributed by atoms with van der Waals surface area (Å²) in [4.78, 5) is 7.29. The minimum atomic E-state index is -0.278. The van der Waals surface area contributed by atoms with Crippen molar-refractivity contribution in [1.82, 2.24) is 9.80 Å². The Labute approximate surface area is 221 Å². The van der Waals surface area contributed by atoms with Crippen molar-refractivity contribution in [2.24, 2.45) is 11.8 Å². The van der Waals surface area contributed by atoms with E-state index in [0.717, 1.165) is 64.4 Å². The van der Waals surface area contributed by atoms with Crippen LogP contribution in [-0.4, -0.2) is 78.9 Å². The Morgan fingerprint density at radius 2 is 1.37 bits per heavy atom. The Morgan fingerprint density at radius 3 is 1.67 bits per heavy atom. The van der Waals surface area contributed by atoms with Crippen molar-refractivity contribution in [3.63, 3.8) is 0 Å². The standard InChI is InChI=1S/C10H19NO.C8H15NO.C2H4N2.3HI.V/c1-8-9(2)10(8,3)11-4-6-12-7-5-11;1-3-8(2)9-4-6-10-7-5-9;1-2-4-3;;;;/h8-9H,4-7H2,1-3H3;3H,4-7H2,1-2H3;2H,1H3;3*1H;/q;;;;;;+3/p-3/b;8-3+;;;;;. The molecule has 0 amide bonds. The van der Waals surface area contributed by atoms with Crippen molar-refractivity contribution in [3.05, 3.63) is 17.3 Å². The molecule has 3 rings (SSSR count). The molecule has 1 aliphatic carbocycles. The molecule has 2 atom stereocenters. The molecule has 176 valence electrons. The molecule has 2 saturated heterocycles. The Morgan fingerprint density at radius 1 is 1.00 bits per heavy atom. The molecule has 10 heteroatoms. The zero-order valence-electron chi connectivity index (χ0n) is 19.2. The monoisotopic (exact) mass is 798 g/mol. The van der Waals surface area contributed by atoms with Crippen molar-refractivity contribution in [1.29, 1.82) is 0 Å². The number of morpholine rings is 2. The van der Waals surface area contributed by atoms with Crippen molar-refractivity contribution >= 4 is 66.2 Å². The second-order valence-electron chi connectivity index (χ2n) is 7.50. The van der Waals surface area contributed by atoms with Gasteiger partial charge in [-0.15, -0.1) is 0 Å². The molecular formula is C20H38I3N4O2V. The van der Waals surface area contributed by atoms with Gasteiger partial charge < -0.3 is 19.9 Å². The van der Waals surface area contributed by atoms with Gasteiger partial charge in [0.25, 0.3) is 6.21 Å². The summed E-state index contributed by atoms with van der Waals surface area (Å²) in [6.45, 7) is 21.0. The summed E-state index contributed by atoms with van der Waals surface area (Å²) in [5, 5.41) is 0. The van der Waals surface area contributed by atoms with E-state index in [9.17, 15) is 0 Å². The first-order chi connectivity index (χ1) is 14.2. The first kappa shape index (κ1) is 31.6. The summed E-state index contributed by atoms with van der Waals surface area (Å²) in [7, 11) is 0. The van der Waals surface area contributed by atoms with Crippen LogP contribution < -0.4 is 0 Å². The van der Waals surface area contributed by atoms with E-state index in [0.29, 0.717) is 5.54 Å². The Hall–Kier alpha value is 1.57. The second-order valence-corrected chi connectivity index (χ2v) is 42.9. The Balaban J connectivity index is 0.000000421. The van der Waals surface area contributed by atoms with Crippen molar-refractivity contribution in [2.75, 3.05) is 52.6 Å². The zero-order chi connectivity index (χ0) is 23.2. The first-order valence-electron chi connectivity index (χ1n) is 10.3. The van der Waals surface area contributed by atoms with Gasteiger partial charge in [0.15, 0.2) is 0 Å². The van der Waals surface area contributed by atoms with Crippen LogP contribution in [0, 0.1) is 11.8 Å². The molecular weight excluding hydrogens is 760 g/mol. The average Bonchev–Trinajstić information content (AvgIpc) is 3.26. The van der Waals surface area contributed by atoms with Gasteiger partial charge in [0.1, 0.15) is 0 Å². The maximum atomic E-state index is 7.44. The number of hydrogen-bond acceptors (Lipinski definition) is 4. The summed E-state index contributed by atoms with van der Waals surface area (Å²) in [6, 6.07) is 0. The summed E-state index contributed by atoms with van der Waals surface area (Å²) in [5.74, 6) is 1.74. The molecule has 0 bridgehead atoms. The number of nitrogens with zero attached hydrogens (tertiary/aromatic N) is 4. The molecule has 0 radical (unpaired) electrons. The third-order valence-corrected chi connectivity index (χ3v) is 6.22. The maximum absolute atomic E-state index is 7.44. The van der Waals surface area contributed by atoms with E-state index in [1.54, 1.807) is 6.92 Å². The first-order valence-corrected chi connectivity index (χ1v) is 23.9. The topological polar surface area (TPSA) is 61.3 Å². The molecule has 2 heterocycles. The summed E-state index contributed by atoms with van der Waals surface area (Å²) < 4.78 is 10.6. The fourth-order valence-electron chi connectivity index (χ4n) is 3.68. The van der Waals surface area contributed by atoms with E-state index in [-0.39, 0.29) is 4.92 Å². The van der Waals surface area contributed by atoms with Crippen molar-refractivity contribution < 1.29 is 19.2 Å². The van der Waals surface area contributed by atoms with Crippen LogP contribution in [0.15, 0.2) is 11.8 Å². The van der Waals surface area contributed by atoms with Crippen LogP contribution in [0.2, 0.25) is 0 Å². The van der Waals surface area contributed by atoms with E-state index in [1.165, 1.54) is 11.9 Å². The molecule has 6 nitrogen and oxygen atoms in total. The third kappa shape index (κ3) is 12.2. The van der Waals surface area contributed by atoms with Crippen LogP contribution in [0.3, 0.4) is 0 Å². The molecule has 3 aliphatic rings. The number of ether oxygens (including phenoxy) is 2. The van der Waals surface area contributed by atoms with Crippen molar-refractivity contribution in [3.8, 4) is 0 Å². The van der Waals surface area contributed by atoms with E-state index in [2.05, 4.69) is 115 Å². The molecule has 3 fully saturated rings. The van der Waals surface area contributed by atoms with Gasteiger partial charge >= 0.3 is 64.9 Å². The molecule has 0 N–H and O–H groups in total. The van der Waals surface area contributed by atoms with Crippen LogP contribution in [0.1, 0.15) is 41.5 Å². The van der Waals surface area contributed by atoms with Gasteiger partial charge in [-0.3, -0.25) is 4.90 Å². The van der Waals surface area contributed by atoms with Crippen LogP contribution >= 0.6 is 59.9 Å². The van der Waals surface area contributed by atoms with Crippen LogP contribution in [0.4, 0.5) is 0 Å². The normalized spacial score (nSPS) is 28.6. The van der Waals surface area contributed by atoms with Gasteiger partial charge in [-0.2, -0.15) is 4.79 Å². The van der Waals surface area contributed by atoms with Gasteiger partial charge in [0.05, 0.1) is 26.4 Å². The number of allylic oxidation sites excluding steroid dienone is 2. The predicted octanol–water partition coefficient (Wildman–Crippen LogP) is 5.57. The van der Waals surface area contributed by atoms with Gasteiger partial charge in [0, 0.05) is 44.3 Å². The number of hydrogen-bond donors (Lipinski definition) is 0. The summed E-state index contributed by atoms with van der Waals surface area (Å²) in [6.07, 6.45) is 3.45. The third-order valence-electron chi connectivity index (χ3n) is 6.22. The summed E-state index contributed by atoms with van der Waals surface area (Å²) in [5.41, 5.74) is 9.30.